The fourth-order valence-corrected chi connectivity index (χ4v) is 4.13. The number of rotatable bonds is 1. The van der Waals surface area contributed by atoms with E-state index in [-0.39, 0.29) is 10.6 Å². The maximum atomic E-state index is 13.1. The molecule has 3 nitrogen and oxygen atoms in total. The van der Waals surface area contributed by atoms with Gasteiger partial charge in [0.05, 0.1) is 17.4 Å². The average molecular weight is 323 g/mol. The highest BCUT2D eigenvalue weighted by Gasteiger charge is 2.45. The highest BCUT2D eigenvalue weighted by molar-refractivity contribution is 8.14. The molecule has 8 heteroatoms. The van der Waals surface area contributed by atoms with Crippen LogP contribution in [0.2, 0.25) is 5.02 Å². The van der Waals surface area contributed by atoms with Crippen molar-refractivity contribution >= 4 is 28.5 Å². The third-order valence-corrected chi connectivity index (χ3v) is 4.94. The van der Waals surface area contributed by atoms with Crippen molar-refractivity contribution < 1.29 is 18.3 Å². The van der Waals surface area contributed by atoms with Crippen molar-refractivity contribution in [3.05, 3.63) is 34.3 Å². The van der Waals surface area contributed by atoms with Crippen LogP contribution in [0.25, 0.3) is 0 Å². The Morgan fingerprint density at radius 3 is 2.80 bits per heavy atom. The first-order valence-electron chi connectivity index (χ1n) is 5.91. The molecule has 0 radical (unpaired) electrons. The number of alkyl halides is 3. The molecule has 0 saturated carbocycles. The summed E-state index contributed by atoms with van der Waals surface area (Å²) in [7, 11) is 0. The molecule has 1 fully saturated rings. The van der Waals surface area contributed by atoms with E-state index in [1.807, 2.05) is 0 Å². The second-order valence-electron chi connectivity index (χ2n) is 4.51. The molecule has 2 aliphatic heterocycles. The van der Waals surface area contributed by atoms with Crippen molar-refractivity contribution in [2.75, 3.05) is 13.1 Å². The Hall–Kier alpha value is -0.920. The summed E-state index contributed by atoms with van der Waals surface area (Å²) >= 11 is 7.08. The van der Waals surface area contributed by atoms with E-state index in [1.165, 1.54) is 12.1 Å². The van der Waals surface area contributed by atoms with Crippen LogP contribution in [0.4, 0.5) is 13.2 Å². The molecular formula is C12H10ClF3N2OS. The number of aliphatic hydroxyl groups is 1. The summed E-state index contributed by atoms with van der Waals surface area (Å²) in [6, 6.07) is 3.66. The van der Waals surface area contributed by atoms with Gasteiger partial charge >= 0.3 is 6.18 Å². The fourth-order valence-electron chi connectivity index (χ4n) is 2.41. The second-order valence-corrected chi connectivity index (χ2v) is 6.02. The van der Waals surface area contributed by atoms with Crippen LogP contribution in [-0.2, 0) is 6.18 Å². The van der Waals surface area contributed by atoms with E-state index < -0.39 is 23.2 Å². The van der Waals surface area contributed by atoms with Crippen LogP contribution in [0.1, 0.15) is 16.4 Å². The number of halogens is 4. The van der Waals surface area contributed by atoms with Crippen LogP contribution in [0.15, 0.2) is 23.2 Å². The van der Waals surface area contributed by atoms with Gasteiger partial charge < -0.3 is 10.0 Å². The van der Waals surface area contributed by atoms with Gasteiger partial charge in [-0.2, -0.15) is 13.2 Å². The van der Waals surface area contributed by atoms with Gasteiger partial charge in [0.15, 0.2) is 5.17 Å². The van der Waals surface area contributed by atoms with E-state index in [0.717, 1.165) is 17.8 Å². The molecule has 2 heterocycles. The summed E-state index contributed by atoms with van der Waals surface area (Å²) in [4.78, 5) is 5.78. The van der Waals surface area contributed by atoms with E-state index in [1.54, 1.807) is 4.90 Å². The molecule has 0 spiro atoms. The van der Waals surface area contributed by atoms with Crippen molar-refractivity contribution in [2.24, 2.45) is 4.99 Å². The molecule has 0 bridgehead atoms. The minimum Gasteiger partial charge on any atom is -0.372 e. The normalized spacial score (nSPS) is 25.9. The van der Waals surface area contributed by atoms with E-state index in [9.17, 15) is 18.3 Å². The largest absolute Gasteiger partial charge is 0.416 e. The molecule has 3 rings (SSSR count). The molecule has 108 valence electrons. The topological polar surface area (TPSA) is 35.8 Å². The molecule has 20 heavy (non-hydrogen) atoms. The lowest BCUT2D eigenvalue weighted by Crippen LogP contribution is -2.33. The number of thioether (sulfide) groups is 1. The van der Waals surface area contributed by atoms with Gasteiger partial charge in [-0.3, -0.25) is 4.99 Å². The van der Waals surface area contributed by atoms with Crippen LogP contribution < -0.4 is 0 Å². The van der Waals surface area contributed by atoms with Gasteiger partial charge in [0.2, 0.25) is 0 Å². The van der Waals surface area contributed by atoms with Crippen LogP contribution in [-0.4, -0.2) is 34.5 Å². The van der Waals surface area contributed by atoms with Crippen molar-refractivity contribution in [1.29, 1.82) is 0 Å². The summed E-state index contributed by atoms with van der Waals surface area (Å²) in [6.45, 7) is 1.08. The molecule has 1 aromatic rings. The SMILES string of the molecule is OC1C(c2c(Cl)cccc2C(F)(F)F)SC2=NCCN21. The quantitative estimate of drug-likeness (QED) is 0.863. The maximum Gasteiger partial charge on any atom is 0.416 e. The molecule has 1 N–H and O–H groups in total. The molecule has 2 atom stereocenters. The first kappa shape index (κ1) is 14.0. The van der Waals surface area contributed by atoms with Crippen LogP contribution in [0.5, 0.6) is 0 Å². The Bertz CT molecular complexity index is 578. The Morgan fingerprint density at radius 2 is 2.15 bits per heavy atom. The third-order valence-electron chi connectivity index (χ3n) is 3.30. The van der Waals surface area contributed by atoms with Crippen molar-refractivity contribution in [3.8, 4) is 0 Å². The average Bonchev–Trinajstić information content (AvgIpc) is 2.92. The first-order chi connectivity index (χ1) is 9.39. The van der Waals surface area contributed by atoms with Gasteiger partial charge in [-0.15, -0.1) is 0 Å². The van der Waals surface area contributed by atoms with Crippen molar-refractivity contribution in [2.45, 2.75) is 17.7 Å². The Labute approximate surface area is 122 Å². The Balaban J connectivity index is 2.07. The van der Waals surface area contributed by atoms with Crippen LogP contribution in [0, 0.1) is 0 Å². The van der Waals surface area contributed by atoms with Gasteiger partial charge in [0.25, 0.3) is 0 Å². The molecule has 1 aromatic carbocycles. The highest BCUT2D eigenvalue weighted by Crippen LogP contribution is 2.49. The van der Waals surface area contributed by atoms with Gasteiger partial charge in [-0.05, 0) is 12.1 Å². The zero-order chi connectivity index (χ0) is 14.5. The van der Waals surface area contributed by atoms with Gasteiger partial charge in [-0.1, -0.05) is 29.4 Å². The van der Waals surface area contributed by atoms with E-state index in [4.69, 9.17) is 11.6 Å². The summed E-state index contributed by atoms with van der Waals surface area (Å²) in [5, 5.41) is 10.0. The maximum absolute atomic E-state index is 13.1. The summed E-state index contributed by atoms with van der Waals surface area (Å²) in [5.74, 6) is 0. The Kier molecular flexibility index (Phi) is 3.38. The lowest BCUT2D eigenvalue weighted by molar-refractivity contribution is -0.138. The molecule has 1 saturated heterocycles. The number of fused-ring (bicyclic) bond motifs is 1. The summed E-state index contributed by atoms with van der Waals surface area (Å²) in [5.41, 5.74) is -0.875. The van der Waals surface area contributed by atoms with E-state index in [0.29, 0.717) is 18.3 Å². The molecule has 2 unspecified atom stereocenters. The van der Waals surface area contributed by atoms with E-state index >= 15 is 0 Å². The summed E-state index contributed by atoms with van der Waals surface area (Å²) in [6.07, 6.45) is -5.54. The zero-order valence-electron chi connectivity index (χ0n) is 10.1. The lowest BCUT2D eigenvalue weighted by Gasteiger charge is -2.23. The number of aliphatic imine (C=N–C) groups is 1. The predicted molar refractivity (Wildman–Crippen MR) is 71.8 cm³/mol. The zero-order valence-corrected chi connectivity index (χ0v) is 11.6. The number of aliphatic hydroxyl groups excluding tert-OH is 1. The smallest absolute Gasteiger partial charge is 0.372 e. The molecular weight excluding hydrogens is 313 g/mol. The van der Waals surface area contributed by atoms with Crippen molar-refractivity contribution in [3.63, 3.8) is 0 Å². The van der Waals surface area contributed by atoms with Crippen molar-refractivity contribution in [1.82, 2.24) is 4.90 Å². The lowest BCUT2D eigenvalue weighted by atomic mass is 10.0. The molecule has 2 aliphatic rings. The number of nitrogens with zero attached hydrogens (tertiary/aromatic N) is 2. The number of hydrogen-bond donors (Lipinski definition) is 1. The third kappa shape index (κ3) is 2.17. The monoisotopic (exact) mass is 322 g/mol. The van der Waals surface area contributed by atoms with Crippen LogP contribution in [0.3, 0.4) is 0 Å². The number of hydrogen-bond acceptors (Lipinski definition) is 4. The van der Waals surface area contributed by atoms with Gasteiger partial charge in [0.1, 0.15) is 6.23 Å². The van der Waals surface area contributed by atoms with Crippen LogP contribution >= 0.6 is 23.4 Å². The highest BCUT2D eigenvalue weighted by atomic mass is 35.5. The standard InChI is InChI=1S/C12H10ClF3N2OS/c13-7-3-1-2-6(12(14,15)16)8(7)9-10(19)18-5-4-17-11(18)20-9/h1-3,9-10,19H,4-5H2. The first-order valence-corrected chi connectivity index (χ1v) is 7.17. The minimum absolute atomic E-state index is 0.0122. The number of amidine groups is 1. The number of benzene rings is 1. The fraction of sp³-hybridized carbons (Fsp3) is 0.417. The van der Waals surface area contributed by atoms with Gasteiger partial charge in [-0.25, -0.2) is 0 Å². The predicted octanol–water partition coefficient (Wildman–Crippen LogP) is 3.14. The minimum atomic E-state index is -4.50. The summed E-state index contributed by atoms with van der Waals surface area (Å²) < 4.78 is 39.3. The van der Waals surface area contributed by atoms with Gasteiger partial charge in [0, 0.05) is 17.1 Å². The second kappa shape index (κ2) is 4.82. The molecule has 0 amide bonds. The molecule has 0 aliphatic carbocycles. The molecule has 0 aromatic heterocycles. The van der Waals surface area contributed by atoms with E-state index in [2.05, 4.69) is 4.99 Å². The Morgan fingerprint density at radius 1 is 1.40 bits per heavy atom.